The van der Waals surface area contributed by atoms with Gasteiger partial charge in [0, 0.05) is 5.02 Å². The Morgan fingerprint density at radius 2 is 1.86 bits per heavy atom. The van der Waals surface area contributed by atoms with Crippen LogP contribution in [0.1, 0.15) is 52.0 Å². The van der Waals surface area contributed by atoms with Gasteiger partial charge in [0.2, 0.25) is 0 Å². The zero-order valence-corrected chi connectivity index (χ0v) is 16.2. The van der Waals surface area contributed by atoms with Crippen molar-refractivity contribution in [3.8, 4) is 0 Å². The lowest BCUT2D eigenvalue weighted by Gasteiger charge is -2.37. The molecule has 0 radical (unpaired) electrons. The van der Waals surface area contributed by atoms with Crippen LogP contribution in [-0.4, -0.2) is 12.8 Å². The van der Waals surface area contributed by atoms with Gasteiger partial charge in [0.25, 0.3) is 0 Å². The maximum absolute atomic E-state index is 5.99. The first-order valence-electron chi connectivity index (χ1n) is 8.57. The molecule has 0 aromatic heterocycles. The maximum atomic E-state index is 5.99. The van der Waals surface area contributed by atoms with Gasteiger partial charge in [0.1, 0.15) is 0 Å². The summed E-state index contributed by atoms with van der Waals surface area (Å²) in [5, 5.41) is 2.55. The number of benzene rings is 1. The van der Waals surface area contributed by atoms with E-state index in [0.717, 1.165) is 17.4 Å². The summed E-state index contributed by atoms with van der Waals surface area (Å²) in [6, 6.07) is 8.31. The Balaban J connectivity index is 2.24. The van der Waals surface area contributed by atoms with Crippen molar-refractivity contribution in [2.24, 2.45) is 11.3 Å². The highest BCUT2D eigenvalue weighted by Crippen LogP contribution is 2.55. The van der Waals surface area contributed by atoms with Gasteiger partial charge in [-0.2, -0.15) is 0 Å². The van der Waals surface area contributed by atoms with Crippen LogP contribution in [0.5, 0.6) is 0 Å². The minimum atomic E-state index is 0.00222. The quantitative estimate of drug-likeness (QED) is 0.504. The van der Waals surface area contributed by atoms with Crippen LogP contribution in [0.25, 0.3) is 0 Å². The molecule has 2 heteroatoms. The molecule has 2 unspecified atom stereocenters. The first-order valence-corrected chi connectivity index (χ1v) is 10.9. The van der Waals surface area contributed by atoms with Crippen molar-refractivity contribution >= 4 is 19.5 Å². The smallest absolute Gasteiger partial charge is 0.0406 e. The van der Waals surface area contributed by atoms with Crippen LogP contribution in [0.15, 0.2) is 35.7 Å². The molecule has 1 aromatic rings. The van der Waals surface area contributed by atoms with Gasteiger partial charge in [0.15, 0.2) is 0 Å². The van der Waals surface area contributed by atoms with Gasteiger partial charge >= 0.3 is 0 Å². The van der Waals surface area contributed by atoms with E-state index in [-0.39, 0.29) is 7.92 Å². The van der Waals surface area contributed by atoms with E-state index < -0.39 is 0 Å². The average molecular weight is 337 g/mol. The van der Waals surface area contributed by atoms with E-state index in [1.165, 1.54) is 37.4 Å². The summed E-state index contributed by atoms with van der Waals surface area (Å²) >= 11 is 5.99. The van der Waals surface area contributed by atoms with Gasteiger partial charge in [-0.05, 0) is 66.4 Å². The Kier molecular flexibility index (Phi) is 6.54. The summed E-state index contributed by atoms with van der Waals surface area (Å²) in [5.74, 6) is 0.770. The van der Waals surface area contributed by atoms with E-state index in [0.29, 0.717) is 5.41 Å². The van der Waals surface area contributed by atoms with E-state index >= 15 is 0 Å². The molecule has 0 amide bonds. The van der Waals surface area contributed by atoms with Crippen LogP contribution in [0.2, 0.25) is 5.02 Å². The first-order chi connectivity index (χ1) is 10.4. The van der Waals surface area contributed by atoms with E-state index in [1.54, 1.807) is 5.31 Å². The van der Waals surface area contributed by atoms with Crippen LogP contribution in [-0.2, 0) is 6.42 Å². The monoisotopic (exact) mass is 336 g/mol. The molecular formula is C20H30ClP. The van der Waals surface area contributed by atoms with Crippen LogP contribution in [0.4, 0.5) is 0 Å². The molecule has 0 nitrogen and oxygen atoms in total. The molecule has 0 N–H and O–H groups in total. The van der Waals surface area contributed by atoms with Crippen molar-refractivity contribution in [2.45, 2.75) is 52.9 Å². The van der Waals surface area contributed by atoms with Gasteiger partial charge in [-0.3, -0.25) is 0 Å². The molecule has 2 rings (SSSR count). The third kappa shape index (κ3) is 4.59. The highest BCUT2D eigenvalue weighted by molar-refractivity contribution is 7.61. The van der Waals surface area contributed by atoms with E-state index in [1.807, 2.05) is 12.1 Å². The van der Waals surface area contributed by atoms with E-state index in [9.17, 15) is 0 Å². The van der Waals surface area contributed by atoms with Gasteiger partial charge in [-0.1, -0.05) is 71.3 Å². The summed E-state index contributed by atoms with van der Waals surface area (Å²) < 4.78 is 0. The molecule has 1 aromatic carbocycles. The van der Waals surface area contributed by atoms with Crippen LogP contribution >= 0.6 is 19.5 Å². The molecule has 1 aliphatic rings. The largest absolute Gasteiger partial charge is 0.0843 e. The molecule has 1 aliphatic heterocycles. The minimum Gasteiger partial charge on any atom is -0.0843 e. The Labute approximate surface area is 143 Å². The summed E-state index contributed by atoms with van der Waals surface area (Å²) in [4.78, 5) is 0. The second-order valence-electron chi connectivity index (χ2n) is 7.31. The first kappa shape index (κ1) is 18.0. The molecule has 1 fully saturated rings. The zero-order chi connectivity index (χ0) is 16.2. The third-order valence-electron chi connectivity index (χ3n) is 5.38. The van der Waals surface area contributed by atoms with Crippen molar-refractivity contribution in [2.75, 3.05) is 12.8 Å². The highest BCUT2D eigenvalue weighted by atomic mass is 35.5. The topological polar surface area (TPSA) is 0 Å². The zero-order valence-electron chi connectivity index (χ0n) is 14.5. The molecule has 0 aliphatic carbocycles. The minimum absolute atomic E-state index is 0.00222. The number of allylic oxidation sites excluding steroid dienone is 2. The Hall–Kier alpha value is -0.320. The summed E-state index contributed by atoms with van der Waals surface area (Å²) in [7, 11) is 0.00222. The molecular weight excluding hydrogens is 307 g/mol. The Morgan fingerprint density at radius 3 is 2.55 bits per heavy atom. The number of hydrogen-bond donors (Lipinski definition) is 0. The fraction of sp³-hybridized carbons (Fsp3) is 0.600. The number of halogens is 1. The lowest BCUT2D eigenvalue weighted by Crippen LogP contribution is -2.23. The van der Waals surface area contributed by atoms with Gasteiger partial charge < -0.3 is 0 Å². The van der Waals surface area contributed by atoms with Crippen LogP contribution in [0.3, 0.4) is 0 Å². The molecule has 22 heavy (non-hydrogen) atoms. The molecule has 0 spiro atoms. The van der Waals surface area contributed by atoms with E-state index in [2.05, 4.69) is 45.6 Å². The third-order valence-corrected chi connectivity index (χ3v) is 8.20. The van der Waals surface area contributed by atoms with Crippen molar-refractivity contribution < 1.29 is 0 Å². The lowest BCUT2D eigenvalue weighted by atomic mass is 9.76. The molecule has 0 saturated carbocycles. The predicted molar refractivity (Wildman–Crippen MR) is 102 cm³/mol. The van der Waals surface area contributed by atoms with Crippen LogP contribution < -0.4 is 0 Å². The molecule has 122 valence electrons. The van der Waals surface area contributed by atoms with Crippen molar-refractivity contribution in [1.82, 2.24) is 0 Å². The van der Waals surface area contributed by atoms with Crippen LogP contribution in [0, 0.1) is 11.3 Å². The average Bonchev–Trinajstić information content (AvgIpc) is 2.51. The molecule has 2 atom stereocenters. The lowest BCUT2D eigenvalue weighted by molar-refractivity contribution is 0.277. The summed E-state index contributed by atoms with van der Waals surface area (Å²) in [5.41, 5.74) is 1.70. The van der Waals surface area contributed by atoms with E-state index in [4.69, 9.17) is 11.6 Å². The second-order valence-corrected chi connectivity index (χ2v) is 10.1. The van der Waals surface area contributed by atoms with Gasteiger partial charge in [0.05, 0.1) is 0 Å². The van der Waals surface area contributed by atoms with Gasteiger partial charge in [-0.15, -0.1) is 0 Å². The maximum Gasteiger partial charge on any atom is 0.0406 e. The predicted octanol–water partition coefficient (Wildman–Crippen LogP) is 7.11. The standard InChI is InChI=1S/C20H30ClP/c1-16-8-6-5-7-15-22(4)19(20(16,2)3)14-11-17-9-12-18(21)13-10-17/h9-10,12-14,16H,5-8,11,15H2,1-4H3. The fourth-order valence-corrected chi connectivity index (χ4v) is 6.13. The Bertz CT molecular complexity index is 501. The normalized spacial score (nSPS) is 28.0. The van der Waals surface area contributed by atoms with Crippen molar-refractivity contribution in [3.63, 3.8) is 0 Å². The number of rotatable bonds is 2. The Morgan fingerprint density at radius 1 is 1.18 bits per heavy atom. The fourth-order valence-electron chi connectivity index (χ4n) is 3.46. The SMILES string of the molecule is CC1CCCCCP(C)C(=CCc2ccc(Cl)cc2)C1(C)C. The highest BCUT2D eigenvalue weighted by Gasteiger charge is 2.32. The number of hydrogen-bond acceptors (Lipinski definition) is 0. The molecule has 1 heterocycles. The summed E-state index contributed by atoms with van der Waals surface area (Å²) in [6.45, 7) is 9.87. The second kappa shape index (κ2) is 7.98. The van der Waals surface area contributed by atoms with Gasteiger partial charge in [-0.25, -0.2) is 0 Å². The molecule has 1 saturated heterocycles. The molecule has 0 bridgehead atoms. The summed E-state index contributed by atoms with van der Waals surface area (Å²) in [6.07, 6.45) is 10.6. The van der Waals surface area contributed by atoms with Crippen molar-refractivity contribution in [3.05, 3.63) is 46.2 Å². The van der Waals surface area contributed by atoms with Crippen molar-refractivity contribution in [1.29, 1.82) is 0 Å².